The Labute approximate surface area is 122 Å². The van der Waals surface area contributed by atoms with Crippen molar-refractivity contribution < 1.29 is 4.74 Å². The summed E-state index contributed by atoms with van der Waals surface area (Å²) in [5.74, 6) is 1.73. The first-order valence-electron chi connectivity index (χ1n) is 8.03. The lowest BCUT2D eigenvalue weighted by atomic mass is 10.1. The number of rotatable bonds is 8. The Morgan fingerprint density at radius 3 is 2.80 bits per heavy atom. The maximum atomic E-state index is 5.71. The Hall–Kier alpha value is -1.03. The number of aryl methyl sites for hydroxylation is 1. The van der Waals surface area contributed by atoms with Gasteiger partial charge in [-0.1, -0.05) is 26.7 Å². The number of ether oxygens (including phenoxy) is 1. The first kappa shape index (κ1) is 15.4. The molecular formula is C16H29N3O. The van der Waals surface area contributed by atoms with E-state index in [1.165, 1.54) is 25.7 Å². The number of nitrogens with one attached hydrogen (secondary N) is 1. The largest absolute Gasteiger partial charge is 0.380 e. The molecular weight excluding hydrogens is 250 g/mol. The van der Waals surface area contributed by atoms with Gasteiger partial charge in [0.2, 0.25) is 5.95 Å². The fourth-order valence-corrected chi connectivity index (χ4v) is 2.67. The Morgan fingerprint density at radius 2 is 2.10 bits per heavy atom. The highest BCUT2D eigenvalue weighted by atomic mass is 16.5. The van der Waals surface area contributed by atoms with Crippen molar-refractivity contribution in [3.8, 4) is 0 Å². The smallest absolute Gasteiger partial charge is 0.203 e. The Balaban J connectivity index is 1.78. The number of aromatic nitrogens is 2. The van der Waals surface area contributed by atoms with Crippen molar-refractivity contribution in [3.63, 3.8) is 0 Å². The zero-order valence-electron chi connectivity index (χ0n) is 13.2. The van der Waals surface area contributed by atoms with E-state index >= 15 is 0 Å². The molecule has 114 valence electrons. The Bertz CT molecular complexity index is 394. The molecule has 0 bridgehead atoms. The minimum Gasteiger partial charge on any atom is -0.380 e. The highest BCUT2D eigenvalue weighted by molar-refractivity contribution is 5.30. The molecule has 1 aromatic rings. The van der Waals surface area contributed by atoms with Crippen LogP contribution in [0.4, 0.5) is 5.95 Å². The van der Waals surface area contributed by atoms with E-state index in [9.17, 15) is 0 Å². The van der Waals surface area contributed by atoms with E-state index in [0.29, 0.717) is 12.0 Å². The number of imidazole rings is 1. The lowest BCUT2D eigenvalue weighted by molar-refractivity contribution is 0.116. The summed E-state index contributed by atoms with van der Waals surface area (Å²) in [6.45, 7) is 9.01. The highest BCUT2D eigenvalue weighted by Crippen LogP contribution is 2.22. The molecule has 1 fully saturated rings. The molecule has 1 aromatic heterocycles. The van der Waals surface area contributed by atoms with Crippen molar-refractivity contribution in [2.24, 2.45) is 5.92 Å². The van der Waals surface area contributed by atoms with Crippen LogP contribution in [0.1, 0.15) is 51.6 Å². The van der Waals surface area contributed by atoms with E-state index in [1.54, 1.807) is 0 Å². The second-order valence-electron chi connectivity index (χ2n) is 6.32. The summed E-state index contributed by atoms with van der Waals surface area (Å²) in [5.41, 5.74) is 1.08. The third kappa shape index (κ3) is 4.82. The zero-order valence-corrected chi connectivity index (χ0v) is 13.2. The second-order valence-corrected chi connectivity index (χ2v) is 6.32. The van der Waals surface area contributed by atoms with Crippen LogP contribution in [0.3, 0.4) is 0 Å². The SMILES string of the molecule is Cc1cn(CCOCCC(C)C)c(NC2CCCC2)n1. The number of hydrogen-bond donors (Lipinski definition) is 1. The maximum Gasteiger partial charge on any atom is 0.203 e. The van der Waals surface area contributed by atoms with E-state index < -0.39 is 0 Å². The number of nitrogens with zero attached hydrogens (tertiary/aromatic N) is 2. The second kappa shape index (κ2) is 7.67. The Kier molecular flexibility index (Phi) is 5.89. The molecule has 0 saturated heterocycles. The summed E-state index contributed by atoms with van der Waals surface area (Å²) >= 11 is 0. The summed E-state index contributed by atoms with van der Waals surface area (Å²) in [4.78, 5) is 4.60. The van der Waals surface area contributed by atoms with Gasteiger partial charge in [-0.25, -0.2) is 4.98 Å². The molecule has 1 aliphatic carbocycles. The van der Waals surface area contributed by atoms with E-state index in [1.807, 2.05) is 0 Å². The molecule has 4 heteroatoms. The van der Waals surface area contributed by atoms with E-state index in [2.05, 4.69) is 41.8 Å². The van der Waals surface area contributed by atoms with Crippen LogP contribution in [0.25, 0.3) is 0 Å². The first-order valence-corrected chi connectivity index (χ1v) is 8.03. The fraction of sp³-hybridized carbons (Fsp3) is 0.812. The molecule has 1 aliphatic rings. The van der Waals surface area contributed by atoms with Crippen molar-refractivity contribution in [3.05, 3.63) is 11.9 Å². The van der Waals surface area contributed by atoms with E-state index in [-0.39, 0.29) is 0 Å². The summed E-state index contributed by atoms with van der Waals surface area (Å²) in [6.07, 6.45) is 8.48. The van der Waals surface area contributed by atoms with Gasteiger partial charge in [-0.15, -0.1) is 0 Å². The molecule has 0 aromatic carbocycles. The zero-order chi connectivity index (χ0) is 14.4. The summed E-state index contributed by atoms with van der Waals surface area (Å²) in [5, 5.41) is 3.59. The van der Waals surface area contributed by atoms with Crippen molar-refractivity contribution in [1.82, 2.24) is 9.55 Å². The van der Waals surface area contributed by atoms with Crippen LogP contribution in [-0.2, 0) is 11.3 Å². The van der Waals surface area contributed by atoms with Gasteiger partial charge in [0, 0.05) is 25.4 Å². The predicted molar refractivity (Wildman–Crippen MR) is 83.1 cm³/mol. The molecule has 0 atom stereocenters. The molecule has 0 aliphatic heterocycles. The standard InChI is InChI=1S/C16H29N3O/c1-13(2)8-10-20-11-9-19-12-14(3)17-16(19)18-15-6-4-5-7-15/h12-13,15H,4-11H2,1-3H3,(H,17,18). The number of anilines is 1. The van der Waals surface area contributed by atoms with Gasteiger partial charge in [-0.05, 0) is 32.1 Å². The van der Waals surface area contributed by atoms with Crippen LogP contribution in [0.5, 0.6) is 0 Å². The lowest BCUT2D eigenvalue weighted by Crippen LogP contribution is -2.19. The van der Waals surface area contributed by atoms with E-state index in [4.69, 9.17) is 4.74 Å². The Morgan fingerprint density at radius 1 is 1.35 bits per heavy atom. The topological polar surface area (TPSA) is 39.1 Å². The fourth-order valence-electron chi connectivity index (χ4n) is 2.67. The van der Waals surface area contributed by atoms with Crippen LogP contribution in [-0.4, -0.2) is 28.8 Å². The summed E-state index contributed by atoms with van der Waals surface area (Å²) in [7, 11) is 0. The molecule has 0 spiro atoms. The molecule has 2 rings (SSSR count). The van der Waals surface area contributed by atoms with Crippen LogP contribution < -0.4 is 5.32 Å². The van der Waals surface area contributed by atoms with Crippen LogP contribution >= 0.6 is 0 Å². The van der Waals surface area contributed by atoms with Crippen LogP contribution in [0, 0.1) is 12.8 Å². The van der Waals surface area contributed by atoms with Crippen molar-refractivity contribution >= 4 is 5.95 Å². The van der Waals surface area contributed by atoms with Gasteiger partial charge in [0.05, 0.1) is 12.3 Å². The van der Waals surface area contributed by atoms with Crippen LogP contribution in [0.2, 0.25) is 0 Å². The van der Waals surface area contributed by atoms with Gasteiger partial charge in [-0.3, -0.25) is 0 Å². The minimum absolute atomic E-state index is 0.609. The van der Waals surface area contributed by atoms with Gasteiger partial charge in [-0.2, -0.15) is 0 Å². The molecule has 20 heavy (non-hydrogen) atoms. The molecule has 0 radical (unpaired) electrons. The average molecular weight is 279 g/mol. The van der Waals surface area contributed by atoms with Crippen molar-refractivity contribution in [2.75, 3.05) is 18.5 Å². The van der Waals surface area contributed by atoms with E-state index in [0.717, 1.165) is 37.8 Å². The van der Waals surface area contributed by atoms with Gasteiger partial charge < -0.3 is 14.6 Å². The molecule has 0 amide bonds. The van der Waals surface area contributed by atoms with Gasteiger partial charge in [0.15, 0.2) is 0 Å². The molecule has 0 unspecified atom stereocenters. The van der Waals surface area contributed by atoms with Gasteiger partial charge in [0.25, 0.3) is 0 Å². The van der Waals surface area contributed by atoms with Gasteiger partial charge >= 0.3 is 0 Å². The summed E-state index contributed by atoms with van der Waals surface area (Å²) < 4.78 is 7.90. The van der Waals surface area contributed by atoms with Crippen LogP contribution in [0.15, 0.2) is 6.20 Å². The number of hydrogen-bond acceptors (Lipinski definition) is 3. The minimum atomic E-state index is 0.609. The lowest BCUT2D eigenvalue weighted by Gasteiger charge is -2.15. The predicted octanol–water partition coefficient (Wildman–Crippen LogP) is 3.61. The average Bonchev–Trinajstić information content (AvgIpc) is 2.99. The normalized spacial score (nSPS) is 16.2. The molecule has 1 saturated carbocycles. The third-order valence-corrected chi connectivity index (χ3v) is 3.90. The maximum absolute atomic E-state index is 5.71. The quantitative estimate of drug-likeness (QED) is 0.739. The molecule has 4 nitrogen and oxygen atoms in total. The van der Waals surface area contributed by atoms with Crippen molar-refractivity contribution in [2.45, 2.75) is 65.5 Å². The summed E-state index contributed by atoms with van der Waals surface area (Å²) in [6, 6.07) is 0.609. The molecule has 1 N–H and O–H groups in total. The molecule has 1 heterocycles. The monoisotopic (exact) mass is 279 g/mol. The van der Waals surface area contributed by atoms with Gasteiger partial charge in [0.1, 0.15) is 0 Å². The first-order chi connectivity index (χ1) is 9.65. The van der Waals surface area contributed by atoms with Crippen molar-refractivity contribution in [1.29, 1.82) is 0 Å². The highest BCUT2D eigenvalue weighted by Gasteiger charge is 2.17. The third-order valence-electron chi connectivity index (χ3n) is 3.90.